The van der Waals surface area contributed by atoms with Crippen LogP contribution < -0.4 is 5.73 Å². The molecule has 0 bridgehead atoms. The molecular formula is C10H13ClN2O2. The Morgan fingerprint density at radius 1 is 1.67 bits per heavy atom. The van der Waals surface area contributed by atoms with Crippen molar-refractivity contribution in [1.29, 1.82) is 0 Å². The molecule has 0 aliphatic carbocycles. The highest BCUT2D eigenvalue weighted by atomic mass is 35.5. The van der Waals surface area contributed by atoms with Crippen molar-refractivity contribution >= 4 is 17.6 Å². The third-order valence-electron chi connectivity index (χ3n) is 2.08. The minimum Gasteiger partial charge on any atom is -0.469 e. The molecule has 15 heavy (non-hydrogen) atoms. The largest absolute Gasteiger partial charge is 0.469 e. The Labute approximate surface area is 93.4 Å². The molecule has 1 aromatic heterocycles. The number of hydrogen-bond donors (Lipinski definition) is 1. The third-order valence-corrected chi connectivity index (χ3v) is 2.29. The lowest BCUT2D eigenvalue weighted by molar-refractivity contribution is -0.141. The van der Waals surface area contributed by atoms with Gasteiger partial charge in [0.25, 0.3) is 0 Å². The van der Waals surface area contributed by atoms with Crippen molar-refractivity contribution in [3.63, 3.8) is 0 Å². The molecule has 1 aromatic rings. The van der Waals surface area contributed by atoms with Crippen LogP contribution in [0, 0.1) is 0 Å². The van der Waals surface area contributed by atoms with Crippen LogP contribution >= 0.6 is 11.6 Å². The molecule has 1 unspecified atom stereocenters. The molecular weight excluding hydrogens is 216 g/mol. The standard InChI is InChI=1S/C10H13ClN2O2/c1-15-10(14)5-7(6-12)8-3-2-4-9(11)13-8/h2-4,7H,5-6,12H2,1H3. The van der Waals surface area contributed by atoms with Gasteiger partial charge in [-0.1, -0.05) is 17.7 Å². The molecule has 0 aliphatic rings. The molecule has 1 heterocycles. The summed E-state index contributed by atoms with van der Waals surface area (Å²) in [4.78, 5) is 15.2. The van der Waals surface area contributed by atoms with Crippen molar-refractivity contribution in [2.45, 2.75) is 12.3 Å². The second-order valence-corrected chi connectivity index (χ2v) is 3.49. The number of pyridine rings is 1. The van der Waals surface area contributed by atoms with E-state index in [1.807, 2.05) is 0 Å². The zero-order valence-electron chi connectivity index (χ0n) is 8.44. The van der Waals surface area contributed by atoms with Gasteiger partial charge < -0.3 is 10.5 Å². The Hall–Kier alpha value is -1.13. The van der Waals surface area contributed by atoms with E-state index >= 15 is 0 Å². The van der Waals surface area contributed by atoms with Gasteiger partial charge in [-0.15, -0.1) is 0 Å². The van der Waals surface area contributed by atoms with Crippen molar-refractivity contribution in [1.82, 2.24) is 4.98 Å². The van der Waals surface area contributed by atoms with Crippen LogP contribution in [0.3, 0.4) is 0 Å². The Kier molecular flexibility index (Phi) is 4.52. The molecule has 0 radical (unpaired) electrons. The SMILES string of the molecule is COC(=O)CC(CN)c1cccc(Cl)n1. The Morgan fingerprint density at radius 2 is 2.40 bits per heavy atom. The molecule has 0 aromatic carbocycles. The first kappa shape index (κ1) is 11.9. The van der Waals surface area contributed by atoms with Gasteiger partial charge in [0.05, 0.1) is 13.5 Å². The number of nitrogens with two attached hydrogens (primary N) is 1. The zero-order valence-corrected chi connectivity index (χ0v) is 9.20. The lowest BCUT2D eigenvalue weighted by Gasteiger charge is -2.12. The number of carbonyl (C=O) groups excluding carboxylic acids is 1. The van der Waals surface area contributed by atoms with Gasteiger partial charge in [-0.05, 0) is 12.1 Å². The van der Waals surface area contributed by atoms with Gasteiger partial charge in [0, 0.05) is 18.2 Å². The highest BCUT2D eigenvalue weighted by Crippen LogP contribution is 2.18. The summed E-state index contributed by atoms with van der Waals surface area (Å²) >= 11 is 5.75. The summed E-state index contributed by atoms with van der Waals surface area (Å²) in [5.41, 5.74) is 6.28. The van der Waals surface area contributed by atoms with E-state index in [0.717, 1.165) is 5.69 Å². The molecule has 4 nitrogen and oxygen atoms in total. The summed E-state index contributed by atoms with van der Waals surface area (Å²) in [6, 6.07) is 5.26. The van der Waals surface area contributed by atoms with Crippen LogP contribution in [-0.2, 0) is 9.53 Å². The number of halogens is 1. The molecule has 0 aliphatic heterocycles. The monoisotopic (exact) mass is 228 g/mol. The summed E-state index contributed by atoms with van der Waals surface area (Å²) in [5, 5.41) is 0.399. The number of esters is 1. The number of nitrogens with zero attached hydrogens (tertiary/aromatic N) is 1. The third kappa shape index (κ3) is 3.49. The van der Waals surface area contributed by atoms with Crippen molar-refractivity contribution in [3.05, 3.63) is 29.0 Å². The summed E-state index contributed by atoms with van der Waals surface area (Å²) < 4.78 is 4.58. The normalized spacial score (nSPS) is 12.2. The maximum Gasteiger partial charge on any atom is 0.306 e. The maximum absolute atomic E-state index is 11.1. The number of carbonyl (C=O) groups is 1. The van der Waals surface area contributed by atoms with E-state index in [9.17, 15) is 4.79 Å². The highest BCUT2D eigenvalue weighted by Gasteiger charge is 2.16. The van der Waals surface area contributed by atoms with E-state index in [1.54, 1.807) is 18.2 Å². The molecule has 0 saturated carbocycles. The molecule has 82 valence electrons. The fourth-order valence-corrected chi connectivity index (χ4v) is 1.41. The Morgan fingerprint density at radius 3 is 2.93 bits per heavy atom. The second kappa shape index (κ2) is 5.68. The van der Waals surface area contributed by atoms with E-state index in [2.05, 4.69) is 9.72 Å². The topological polar surface area (TPSA) is 65.2 Å². The van der Waals surface area contributed by atoms with Gasteiger partial charge in [-0.25, -0.2) is 4.98 Å². The van der Waals surface area contributed by atoms with Crippen molar-refractivity contribution in [2.24, 2.45) is 5.73 Å². The summed E-state index contributed by atoms with van der Waals surface area (Å²) in [5.74, 6) is -0.441. The fraction of sp³-hybridized carbons (Fsp3) is 0.400. The lowest BCUT2D eigenvalue weighted by atomic mass is 10.0. The van der Waals surface area contributed by atoms with Gasteiger partial charge in [0.15, 0.2) is 0 Å². The first-order chi connectivity index (χ1) is 7.17. The number of methoxy groups -OCH3 is 1. The van der Waals surface area contributed by atoms with E-state index in [4.69, 9.17) is 17.3 Å². The minimum absolute atomic E-state index is 0.142. The van der Waals surface area contributed by atoms with Gasteiger partial charge >= 0.3 is 5.97 Å². The Balaban J connectivity index is 2.78. The number of aromatic nitrogens is 1. The zero-order chi connectivity index (χ0) is 11.3. The highest BCUT2D eigenvalue weighted by molar-refractivity contribution is 6.29. The predicted molar refractivity (Wildman–Crippen MR) is 57.7 cm³/mol. The van der Waals surface area contributed by atoms with Crippen LogP contribution in [0.15, 0.2) is 18.2 Å². The van der Waals surface area contributed by atoms with Crippen molar-refractivity contribution < 1.29 is 9.53 Å². The first-order valence-electron chi connectivity index (χ1n) is 4.56. The molecule has 0 fully saturated rings. The van der Waals surface area contributed by atoms with Gasteiger partial charge in [0.1, 0.15) is 5.15 Å². The molecule has 0 amide bonds. The predicted octanol–water partition coefficient (Wildman–Crippen LogP) is 1.34. The molecule has 1 atom stereocenters. The van der Waals surface area contributed by atoms with Crippen LogP contribution in [0.1, 0.15) is 18.0 Å². The summed E-state index contributed by atoms with van der Waals surface area (Å²) in [6.07, 6.45) is 0.223. The lowest BCUT2D eigenvalue weighted by Crippen LogP contribution is -2.18. The number of hydrogen-bond acceptors (Lipinski definition) is 4. The average Bonchev–Trinajstić information content (AvgIpc) is 2.25. The quantitative estimate of drug-likeness (QED) is 0.624. The van der Waals surface area contributed by atoms with Gasteiger partial charge in [-0.2, -0.15) is 0 Å². The van der Waals surface area contributed by atoms with E-state index < -0.39 is 0 Å². The van der Waals surface area contributed by atoms with Crippen molar-refractivity contribution in [2.75, 3.05) is 13.7 Å². The average molecular weight is 229 g/mol. The smallest absolute Gasteiger partial charge is 0.306 e. The Bertz CT molecular complexity index is 344. The van der Waals surface area contributed by atoms with Crippen LogP contribution in [0.2, 0.25) is 5.15 Å². The van der Waals surface area contributed by atoms with Crippen molar-refractivity contribution in [3.8, 4) is 0 Å². The summed E-state index contributed by atoms with van der Waals surface area (Å²) in [7, 11) is 1.35. The maximum atomic E-state index is 11.1. The molecule has 2 N–H and O–H groups in total. The van der Waals surface area contributed by atoms with E-state index in [-0.39, 0.29) is 18.3 Å². The van der Waals surface area contributed by atoms with Gasteiger partial charge in [0.2, 0.25) is 0 Å². The van der Waals surface area contributed by atoms with E-state index in [1.165, 1.54) is 7.11 Å². The molecule has 5 heteroatoms. The van der Waals surface area contributed by atoms with Crippen LogP contribution in [0.5, 0.6) is 0 Å². The minimum atomic E-state index is -0.299. The number of ether oxygens (including phenoxy) is 1. The van der Waals surface area contributed by atoms with Crippen LogP contribution in [-0.4, -0.2) is 24.6 Å². The molecule has 0 saturated heterocycles. The van der Waals surface area contributed by atoms with Crippen LogP contribution in [0.4, 0.5) is 0 Å². The van der Waals surface area contributed by atoms with E-state index in [0.29, 0.717) is 11.7 Å². The number of rotatable bonds is 4. The van der Waals surface area contributed by atoms with Crippen LogP contribution in [0.25, 0.3) is 0 Å². The summed E-state index contributed by atoms with van der Waals surface area (Å²) in [6.45, 7) is 0.336. The molecule has 0 spiro atoms. The second-order valence-electron chi connectivity index (χ2n) is 3.10. The first-order valence-corrected chi connectivity index (χ1v) is 4.94. The van der Waals surface area contributed by atoms with Gasteiger partial charge in [-0.3, -0.25) is 4.79 Å². The molecule has 1 rings (SSSR count). The fourth-order valence-electron chi connectivity index (χ4n) is 1.24.